The minimum absolute atomic E-state index is 0.0173. The molecule has 8 heteroatoms. The number of carbonyl (C=O) groups is 3. The van der Waals surface area contributed by atoms with Gasteiger partial charge >= 0.3 is 6.18 Å². The van der Waals surface area contributed by atoms with Gasteiger partial charge in [-0.25, -0.2) is 0 Å². The van der Waals surface area contributed by atoms with Crippen molar-refractivity contribution in [3.8, 4) is 0 Å². The Morgan fingerprint density at radius 2 is 1.59 bits per heavy atom. The summed E-state index contributed by atoms with van der Waals surface area (Å²) in [7, 11) is 0. The third-order valence-corrected chi connectivity index (χ3v) is 5.62. The predicted molar refractivity (Wildman–Crippen MR) is 89.1 cm³/mol. The zero-order valence-electron chi connectivity index (χ0n) is 14.2. The van der Waals surface area contributed by atoms with Gasteiger partial charge in [0.05, 0.1) is 17.4 Å². The molecule has 0 unspecified atom stereocenters. The highest BCUT2D eigenvalue weighted by molar-refractivity contribution is 6.06. The first-order valence-electron chi connectivity index (χ1n) is 8.76. The van der Waals surface area contributed by atoms with Gasteiger partial charge in [0.25, 0.3) is 0 Å². The van der Waals surface area contributed by atoms with Gasteiger partial charge in [-0.15, -0.1) is 0 Å². The Balaban J connectivity index is 1.34. The van der Waals surface area contributed by atoms with Gasteiger partial charge < -0.3 is 5.32 Å². The van der Waals surface area contributed by atoms with Gasteiger partial charge in [-0.2, -0.15) is 13.2 Å². The molecule has 0 radical (unpaired) electrons. The molecule has 1 heterocycles. The SMILES string of the molecule is O=C(CCN1C(=O)[C@H]2[C@H](C1=O)[C@H]1C=C[C@H]2C1)Nc1ccc(C(F)(F)F)cc1. The van der Waals surface area contributed by atoms with Crippen LogP contribution in [0.25, 0.3) is 0 Å². The molecule has 1 aromatic rings. The van der Waals surface area contributed by atoms with E-state index in [0.29, 0.717) is 0 Å². The summed E-state index contributed by atoms with van der Waals surface area (Å²) >= 11 is 0. The molecule has 1 aliphatic heterocycles. The minimum Gasteiger partial charge on any atom is -0.326 e. The molecule has 1 saturated heterocycles. The first kappa shape index (κ1) is 17.8. The van der Waals surface area contributed by atoms with Crippen LogP contribution in [-0.2, 0) is 20.6 Å². The van der Waals surface area contributed by atoms with Crippen molar-refractivity contribution < 1.29 is 27.6 Å². The number of halogens is 3. The van der Waals surface area contributed by atoms with Crippen molar-refractivity contribution in [1.29, 1.82) is 0 Å². The number of imide groups is 1. The molecule has 1 N–H and O–H groups in total. The standard InChI is InChI=1S/C19H17F3N2O3/c20-19(21,22)12-3-5-13(6-4-12)23-14(25)7-8-24-17(26)15-10-1-2-11(9-10)16(15)18(24)27/h1-6,10-11,15-16H,7-9H2,(H,23,25)/t10-,11-,15+,16+/m0/s1. The molecule has 142 valence electrons. The fourth-order valence-electron chi connectivity index (χ4n) is 4.36. The maximum atomic E-state index is 12.5. The fourth-order valence-corrected chi connectivity index (χ4v) is 4.36. The number of allylic oxidation sites excluding steroid dienone is 2. The summed E-state index contributed by atoms with van der Waals surface area (Å²) < 4.78 is 37.6. The highest BCUT2D eigenvalue weighted by Gasteiger charge is 2.59. The van der Waals surface area contributed by atoms with Gasteiger partial charge in [0.2, 0.25) is 17.7 Å². The van der Waals surface area contributed by atoms with Crippen LogP contribution in [0, 0.1) is 23.7 Å². The van der Waals surface area contributed by atoms with Gasteiger partial charge in [0.15, 0.2) is 0 Å². The van der Waals surface area contributed by atoms with E-state index in [1.165, 1.54) is 12.1 Å². The van der Waals surface area contributed by atoms with E-state index < -0.39 is 17.6 Å². The van der Waals surface area contributed by atoms with Crippen LogP contribution in [0.5, 0.6) is 0 Å². The number of carbonyl (C=O) groups excluding carboxylic acids is 3. The van der Waals surface area contributed by atoms with Gasteiger partial charge in [-0.05, 0) is 42.5 Å². The smallest absolute Gasteiger partial charge is 0.326 e. The quantitative estimate of drug-likeness (QED) is 0.647. The summed E-state index contributed by atoms with van der Waals surface area (Å²) in [6.07, 6.45) is 0.302. The Kier molecular flexibility index (Phi) is 4.09. The third-order valence-electron chi connectivity index (χ3n) is 5.62. The Labute approximate surface area is 153 Å². The van der Waals surface area contributed by atoms with Gasteiger partial charge in [0.1, 0.15) is 0 Å². The highest BCUT2D eigenvalue weighted by Crippen LogP contribution is 2.52. The van der Waals surface area contributed by atoms with Gasteiger partial charge in [0, 0.05) is 18.7 Å². The Hall–Kier alpha value is -2.64. The number of hydrogen-bond donors (Lipinski definition) is 1. The summed E-state index contributed by atoms with van der Waals surface area (Å²) in [6.45, 7) is -0.0173. The van der Waals surface area contributed by atoms with Gasteiger partial charge in [-0.3, -0.25) is 19.3 Å². The van der Waals surface area contributed by atoms with Crippen LogP contribution in [0.2, 0.25) is 0 Å². The molecule has 5 nitrogen and oxygen atoms in total. The number of nitrogens with one attached hydrogen (secondary N) is 1. The Morgan fingerprint density at radius 1 is 1.04 bits per heavy atom. The van der Waals surface area contributed by atoms with Crippen molar-refractivity contribution in [1.82, 2.24) is 4.90 Å². The maximum absolute atomic E-state index is 12.5. The second-order valence-electron chi connectivity index (χ2n) is 7.20. The summed E-state index contributed by atoms with van der Waals surface area (Å²) in [6, 6.07) is 4.10. The average molecular weight is 378 g/mol. The summed E-state index contributed by atoms with van der Waals surface area (Å²) in [5.41, 5.74) is -0.574. The van der Waals surface area contributed by atoms with E-state index in [0.717, 1.165) is 23.5 Å². The second kappa shape index (κ2) is 6.21. The molecule has 1 saturated carbocycles. The summed E-state index contributed by atoms with van der Waals surface area (Å²) in [5, 5.41) is 2.49. The first-order chi connectivity index (χ1) is 12.8. The largest absolute Gasteiger partial charge is 0.416 e. The number of rotatable bonds is 4. The molecule has 0 spiro atoms. The number of nitrogens with zero attached hydrogens (tertiary/aromatic N) is 1. The van der Waals surface area contributed by atoms with Crippen molar-refractivity contribution in [3.63, 3.8) is 0 Å². The Bertz CT molecular complexity index is 802. The monoisotopic (exact) mass is 378 g/mol. The molecular weight excluding hydrogens is 361 g/mol. The van der Waals surface area contributed by atoms with Crippen LogP contribution in [0.1, 0.15) is 18.4 Å². The maximum Gasteiger partial charge on any atom is 0.416 e. The lowest BCUT2D eigenvalue weighted by atomic mass is 9.85. The predicted octanol–water partition coefficient (Wildman–Crippen LogP) is 2.84. The molecule has 3 amide bonds. The molecule has 4 atom stereocenters. The molecule has 2 bridgehead atoms. The highest BCUT2D eigenvalue weighted by atomic mass is 19.4. The van der Waals surface area contributed by atoms with E-state index in [-0.39, 0.29) is 54.1 Å². The van der Waals surface area contributed by atoms with Crippen LogP contribution >= 0.6 is 0 Å². The summed E-state index contributed by atoms with van der Waals surface area (Å²) in [5.74, 6) is -1.28. The van der Waals surface area contributed by atoms with Crippen molar-refractivity contribution in [3.05, 3.63) is 42.0 Å². The fraction of sp³-hybridized carbons (Fsp3) is 0.421. The van der Waals surface area contributed by atoms with E-state index in [1.807, 2.05) is 12.2 Å². The van der Waals surface area contributed by atoms with Crippen molar-refractivity contribution >= 4 is 23.4 Å². The third kappa shape index (κ3) is 3.02. The minimum atomic E-state index is -4.44. The van der Waals surface area contributed by atoms with Crippen LogP contribution in [0.15, 0.2) is 36.4 Å². The molecule has 1 aromatic carbocycles. The zero-order valence-corrected chi connectivity index (χ0v) is 14.2. The van der Waals surface area contributed by atoms with E-state index in [1.54, 1.807) is 0 Å². The number of amides is 3. The molecule has 3 aliphatic rings. The lowest BCUT2D eigenvalue weighted by Crippen LogP contribution is -2.35. The average Bonchev–Trinajstić information content (AvgIpc) is 3.28. The van der Waals surface area contributed by atoms with E-state index in [9.17, 15) is 27.6 Å². The lowest BCUT2D eigenvalue weighted by molar-refractivity contribution is -0.141. The van der Waals surface area contributed by atoms with E-state index in [4.69, 9.17) is 0 Å². The van der Waals surface area contributed by atoms with Crippen molar-refractivity contribution in [2.24, 2.45) is 23.7 Å². The Morgan fingerprint density at radius 3 is 2.11 bits per heavy atom. The van der Waals surface area contributed by atoms with Crippen molar-refractivity contribution in [2.45, 2.75) is 19.0 Å². The molecule has 27 heavy (non-hydrogen) atoms. The number of hydrogen-bond acceptors (Lipinski definition) is 3. The molecule has 0 aromatic heterocycles. The van der Waals surface area contributed by atoms with Crippen molar-refractivity contribution in [2.75, 3.05) is 11.9 Å². The normalized spacial score (nSPS) is 28.8. The van der Waals surface area contributed by atoms with E-state index >= 15 is 0 Å². The molecule has 2 aliphatic carbocycles. The van der Waals surface area contributed by atoms with Crippen LogP contribution < -0.4 is 5.32 Å². The molecule has 2 fully saturated rings. The topological polar surface area (TPSA) is 66.5 Å². The summed E-state index contributed by atoms with van der Waals surface area (Å²) in [4.78, 5) is 38.3. The number of benzene rings is 1. The number of alkyl halides is 3. The lowest BCUT2D eigenvalue weighted by Gasteiger charge is -2.17. The van der Waals surface area contributed by atoms with Crippen LogP contribution in [0.4, 0.5) is 18.9 Å². The van der Waals surface area contributed by atoms with Gasteiger partial charge in [-0.1, -0.05) is 12.2 Å². The number of anilines is 1. The van der Waals surface area contributed by atoms with Crippen LogP contribution in [-0.4, -0.2) is 29.2 Å². The zero-order chi connectivity index (χ0) is 19.3. The number of fused-ring (bicyclic) bond motifs is 5. The number of likely N-dealkylation sites (tertiary alicyclic amines) is 1. The first-order valence-corrected chi connectivity index (χ1v) is 8.76. The second-order valence-corrected chi connectivity index (χ2v) is 7.20. The molecular formula is C19H17F3N2O3. The van der Waals surface area contributed by atoms with E-state index in [2.05, 4.69) is 5.32 Å². The van der Waals surface area contributed by atoms with Crippen LogP contribution in [0.3, 0.4) is 0 Å². The molecule has 4 rings (SSSR count).